The summed E-state index contributed by atoms with van der Waals surface area (Å²) in [7, 11) is 1.57. The zero-order valence-electron chi connectivity index (χ0n) is 17.3. The second-order valence-electron chi connectivity index (χ2n) is 7.52. The van der Waals surface area contributed by atoms with Gasteiger partial charge >= 0.3 is 5.69 Å². The number of rotatable bonds is 3. The largest absolute Gasteiger partial charge is 0.333 e. The highest BCUT2D eigenvalue weighted by Crippen LogP contribution is 2.26. The first kappa shape index (κ1) is 18.9. The van der Waals surface area contributed by atoms with Crippen LogP contribution in [0.1, 0.15) is 36.8 Å². The van der Waals surface area contributed by atoms with Crippen molar-refractivity contribution in [2.24, 2.45) is 7.05 Å². The smallest absolute Gasteiger partial charge is 0.298 e. The summed E-state index contributed by atoms with van der Waals surface area (Å²) in [5.41, 5.74) is 3.35. The number of hydrogen-bond acceptors (Lipinski definition) is 4. The van der Waals surface area contributed by atoms with Gasteiger partial charge in [-0.15, -0.1) is 0 Å². The van der Waals surface area contributed by atoms with Gasteiger partial charge in [0.2, 0.25) is 5.78 Å². The highest BCUT2D eigenvalue weighted by Gasteiger charge is 2.26. The second kappa shape index (κ2) is 6.30. The van der Waals surface area contributed by atoms with E-state index in [0.29, 0.717) is 16.9 Å². The van der Waals surface area contributed by atoms with Crippen LogP contribution in [0.3, 0.4) is 0 Å². The van der Waals surface area contributed by atoms with Crippen molar-refractivity contribution in [2.45, 2.75) is 40.7 Å². The van der Waals surface area contributed by atoms with Crippen LogP contribution in [0.2, 0.25) is 0 Å². The van der Waals surface area contributed by atoms with E-state index >= 15 is 0 Å². The fourth-order valence-electron chi connectivity index (χ4n) is 3.84. The van der Waals surface area contributed by atoms with Gasteiger partial charge in [0.15, 0.2) is 16.9 Å². The second-order valence-corrected chi connectivity index (χ2v) is 7.52. The van der Waals surface area contributed by atoms with Gasteiger partial charge in [-0.1, -0.05) is 18.2 Å². The molecule has 1 atom stereocenters. The number of carbonyl (C=O) groups excluding carboxylic acids is 1. The quantitative estimate of drug-likeness (QED) is 0.534. The molecule has 4 rings (SSSR count). The van der Waals surface area contributed by atoms with Crippen molar-refractivity contribution in [3.05, 3.63) is 62.1 Å². The third-order valence-electron chi connectivity index (χ3n) is 5.80. The van der Waals surface area contributed by atoms with Crippen LogP contribution in [0, 0.1) is 20.8 Å². The first-order valence-electron chi connectivity index (χ1n) is 9.44. The summed E-state index contributed by atoms with van der Waals surface area (Å²) in [4.78, 5) is 42.7. The van der Waals surface area contributed by atoms with Gasteiger partial charge in [0.25, 0.3) is 5.56 Å². The third kappa shape index (κ3) is 2.45. The summed E-state index contributed by atoms with van der Waals surface area (Å²) < 4.78 is 6.12. The molecule has 1 aromatic carbocycles. The van der Waals surface area contributed by atoms with Crippen LogP contribution < -0.4 is 11.2 Å². The summed E-state index contributed by atoms with van der Waals surface area (Å²) >= 11 is 0. The molecule has 0 saturated heterocycles. The Kier molecular flexibility index (Phi) is 4.11. The number of ketones is 1. The highest BCUT2D eigenvalue weighted by molar-refractivity contribution is 5.81. The maximum atomic E-state index is 13.3. The number of aromatic nitrogens is 5. The molecule has 29 heavy (non-hydrogen) atoms. The molecule has 4 aromatic rings. The van der Waals surface area contributed by atoms with Gasteiger partial charge < -0.3 is 0 Å². The van der Waals surface area contributed by atoms with E-state index in [2.05, 4.69) is 4.98 Å². The van der Waals surface area contributed by atoms with Crippen LogP contribution in [-0.4, -0.2) is 28.9 Å². The monoisotopic (exact) mass is 393 g/mol. The Labute approximate surface area is 166 Å². The van der Waals surface area contributed by atoms with Crippen LogP contribution >= 0.6 is 0 Å². The topological polar surface area (TPSA) is 83.3 Å². The molecule has 0 spiro atoms. The Morgan fingerprint density at radius 2 is 1.72 bits per heavy atom. The molecule has 0 bridgehead atoms. The van der Waals surface area contributed by atoms with Crippen molar-refractivity contribution in [1.29, 1.82) is 0 Å². The number of carbonyl (C=O) groups is 1. The molecule has 8 nitrogen and oxygen atoms in total. The molecule has 150 valence electrons. The van der Waals surface area contributed by atoms with Crippen LogP contribution in [-0.2, 0) is 11.8 Å². The lowest BCUT2D eigenvalue weighted by Gasteiger charge is -2.13. The fraction of sp³-hybridized carbons (Fsp3) is 0.333. The number of para-hydroxylation sites is 1. The lowest BCUT2D eigenvalue weighted by atomic mass is 10.2. The maximum absolute atomic E-state index is 13.3. The molecule has 0 N–H and O–H groups in total. The van der Waals surface area contributed by atoms with Crippen molar-refractivity contribution < 1.29 is 4.79 Å². The molecule has 0 aliphatic rings. The molecule has 0 aliphatic carbocycles. The summed E-state index contributed by atoms with van der Waals surface area (Å²) in [6, 6.07) is 7.08. The van der Waals surface area contributed by atoms with Crippen LogP contribution in [0.5, 0.6) is 0 Å². The molecule has 0 aliphatic heterocycles. The van der Waals surface area contributed by atoms with E-state index in [1.165, 1.54) is 11.5 Å². The Morgan fingerprint density at radius 1 is 1.07 bits per heavy atom. The number of Topliss-reactive ketones (excluding diaryl/α,β-unsaturated/α-hetero) is 1. The summed E-state index contributed by atoms with van der Waals surface area (Å²) in [6.45, 7) is 8.84. The Morgan fingerprint density at radius 3 is 2.34 bits per heavy atom. The molecule has 0 saturated carbocycles. The number of fused-ring (bicyclic) bond motifs is 3. The van der Waals surface area contributed by atoms with Crippen molar-refractivity contribution in [2.75, 3.05) is 0 Å². The van der Waals surface area contributed by atoms with E-state index in [0.717, 1.165) is 27.2 Å². The van der Waals surface area contributed by atoms with Gasteiger partial charge in [0, 0.05) is 18.4 Å². The number of hydrogen-bond donors (Lipinski definition) is 0. The number of aryl methyl sites for hydroxylation is 3. The predicted octanol–water partition coefficient (Wildman–Crippen LogP) is 2.21. The molecule has 0 radical (unpaired) electrons. The SMILES string of the molecule is CC(=O)[C@@H](C)n1c(=O)c2c(nc3n(-c4ccccc4C)c(C)c(C)n23)n(C)c1=O. The number of benzene rings is 1. The van der Waals surface area contributed by atoms with Gasteiger partial charge in [0.05, 0.1) is 11.7 Å². The lowest BCUT2D eigenvalue weighted by molar-refractivity contribution is -0.119. The third-order valence-corrected chi connectivity index (χ3v) is 5.80. The molecule has 0 amide bonds. The molecule has 3 heterocycles. The van der Waals surface area contributed by atoms with Gasteiger partial charge in [0.1, 0.15) is 0 Å². The van der Waals surface area contributed by atoms with Gasteiger partial charge in [-0.3, -0.25) is 23.1 Å². The Hall–Kier alpha value is -3.42. The standard InChI is InChI=1S/C21H23N5O3/c1-11-9-7-8-10-16(11)24-12(2)13(3)25-17-18(22-20(24)25)23(6)21(29)26(19(17)28)14(4)15(5)27/h7-10,14H,1-6H3/t14-/m1/s1. The molecule has 8 heteroatoms. The van der Waals surface area contributed by atoms with Gasteiger partial charge in [-0.25, -0.2) is 9.36 Å². The van der Waals surface area contributed by atoms with Gasteiger partial charge in [-0.05, 0) is 46.2 Å². The average molecular weight is 393 g/mol. The van der Waals surface area contributed by atoms with E-state index in [-0.39, 0.29) is 5.78 Å². The van der Waals surface area contributed by atoms with Crippen molar-refractivity contribution in [3.63, 3.8) is 0 Å². The van der Waals surface area contributed by atoms with E-state index in [1.807, 2.05) is 49.6 Å². The molecular weight excluding hydrogens is 370 g/mol. The highest BCUT2D eigenvalue weighted by atomic mass is 16.2. The number of nitrogens with zero attached hydrogens (tertiary/aromatic N) is 5. The number of imidazole rings is 2. The van der Waals surface area contributed by atoms with E-state index in [1.54, 1.807) is 18.4 Å². The maximum Gasteiger partial charge on any atom is 0.333 e. The Bertz CT molecular complexity index is 1430. The van der Waals surface area contributed by atoms with E-state index in [4.69, 9.17) is 0 Å². The normalized spacial score (nSPS) is 12.8. The van der Waals surface area contributed by atoms with Crippen molar-refractivity contribution >= 4 is 22.7 Å². The minimum atomic E-state index is -0.851. The molecule has 0 fully saturated rings. The van der Waals surface area contributed by atoms with Crippen LogP contribution in [0.15, 0.2) is 33.9 Å². The van der Waals surface area contributed by atoms with Crippen LogP contribution in [0.4, 0.5) is 0 Å². The van der Waals surface area contributed by atoms with E-state index in [9.17, 15) is 14.4 Å². The minimum Gasteiger partial charge on any atom is -0.298 e. The Balaban J connectivity index is 2.23. The molecule has 0 unspecified atom stereocenters. The van der Waals surface area contributed by atoms with Crippen molar-refractivity contribution in [3.8, 4) is 5.69 Å². The fourth-order valence-corrected chi connectivity index (χ4v) is 3.84. The first-order chi connectivity index (χ1) is 13.7. The summed E-state index contributed by atoms with van der Waals surface area (Å²) in [5.74, 6) is 0.305. The zero-order chi connectivity index (χ0) is 21.2. The van der Waals surface area contributed by atoms with Gasteiger partial charge in [-0.2, -0.15) is 4.98 Å². The molecule has 3 aromatic heterocycles. The lowest BCUT2D eigenvalue weighted by Crippen LogP contribution is -2.42. The van der Waals surface area contributed by atoms with Crippen LogP contribution in [0.25, 0.3) is 22.6 Å². The first-order valence-corrected chi connectivity index (χ1v) is 9.44. The predicted molar refractivity (Wildman–Crippen MR) is 111 cm³/mol. The molecular formula is C21H23N5O3. The minimum absolute atomic E-state index is 0.255. The van der Waals surface area contributed by atoms with Crippen molar-refractivity contribution in [1.82, 2.24) is 23.1 Å². The summed E-state index contributed by atoms with van der Waals surface area (Å²) in [6.07, 6.45) is 0. The van der Waals surface area contributed by atoms with E-state index < -0.39 is 17.3 Å². The summed E-state index contributed by atoms with van der Waals surface area (Å²) in [5, 5.41) is 0. The average Bonchev–Trinajstić information content (AvgIpc) is 3.17. The zero-order valence-corrected chi connectivity index (χ0v) is 17.3.